The molecule has 37 heavy (non-hydrogen) atoms. The van der Waals surface area contributed by atoms with Crippen LogP contribution in [-0.2, 0) is 20.1 Å². The molecule has 194 valence electrons. The van der Waals surface area contributed by atoms with E-state index in [9.17, 15) is 4.79 Å². The van der Waals surface area contributed by atoms with Crippen molar-refractivity contribution in [3.8, 4) is 0 Å². The number of halogens is 1. The van der Waals surface area contributed by atoms with E-state index in [-0.39, 0.29) is 11.8 Å². The first kappa shape index (κ1) is 24.6. The Morgan fingerprint density at radius 3 is 2.62 bits per heavy atom. The molecule has 2 aliphatic carbocycles. The lowest BCUT2D eigenvalue weighted by Crippen LogP contribution is -2.36. The van der Waals surface area contributed by atoms with E-state index < -0.39 is 0 Å². The van der Waals surface area contributed by atoms with Crippen LogP contribution in [0, 0.1) is 5.92 Å². The van der Waals surface area contributed by atoms with Gasteiger partial charge in [-0.2, -0.15) is 0 Å². The number of rotatable bonds is 9. The molecule has 1 aliphatic heterocycles. The standard InChI is InChI=1S/C29H35ClN6O/c1-4-22(28-34-32-16-35(28)3)21-12-26(20-8-9-20)33-27(13-21)36-15-24-23(29(36)37)10-18(11-25(24)30)14-31-17(2)19-6-5-7-19/h10-13,16-17,19-20,22,31H,4-9,14-15H2,1-3H3/t17-,22?/m0/s1. The van der Waals surface area contributed by atoms with Crippen LogP contribution in [0.4, 0.5) is 5.82 Å². The van der Waals surface area contributed by atoms with Gasteiger partial charge in [-0.3, -0.25) is 9.69 Å². The largest absolute Gasteiger partial charge is 0.320 e. The summed E-state index contributed by atoms with van der Waals surface area (Å²) in [6, 6.07) is 8.77. The molecule has 1 amide bonds. The molecule has 2 aromatic heterocycles. The molecule has 2 saturated carbocycles. The van der Waals surface area contributed by atoms with E-state index in [1.54, 1.807) is 11.2 Å². The molecule has 7 nitrogen and oxygen atoms in total. The van der Waals surface area contributed by atoms with Crippen LogP contribution in [0.15, 0.2) is 30.6 Å². The quantitative estimate of drug-likeness (QED) is 0.392. The average Bonchev–Trinajstić information content (AvgIpc) is 3.54. The van der Waals surface area contributed by atoms with Crippen molar-refractivity contribution >= 4 is 23.3 Å². The highest BCUT2D eigenvalue weighted by Crippen LogP contribution is 2.42. The Morgan fingerprint density at radius 1 is 1.16 bits per heavy atom. The number of amides is 1. The minimum absolute atomic E-state index is 0.0242. The number of aromatic nitrogens is 4. The average molecular weight is 519 g/mol. The smallest absolute Gasteiger partial charge is 0.260 e. The van der Waals surface area contributed by atoms with Gasteiger partial charge in [0.05, 0.1) is 6.54 Å². The monoisotopic (exact) mass is 518 g/mol. The summed E-state index contributed by atoms with van der Waals surface area (Å²) in [5, 5.41) is 12.8. The summed E-state index contributed by atoms with van der Waals surface area (Å²) in [5.74, 6) is 2.92. The summed E-state index contributed by atoms with van der Waals surface area (Å²) < 4.78 is 1.98. The van der Waals surface area contributed by atoms with Gasteiger partial charge in [0, 0.05) is 53.3 Å². The van der Waals surface area contributed by atoms with E-state index in [0.29, 0.717) is 41.5 Å². The molecule has 2 atom stereocenters. The number of nitrogens with zero attached hydrogens (tertiary/aromatic N) is 5. The first-order valence-electron chi connectivity index (χ1n) is 13.6. The number of aryl methyl sites for hydroxylation is 1. The fourth-order valence-corrected chi connectivity index (χ4v) is 6.05. The molecule has 6 rings (SSSR count). The molecular formula is C29H35ClN6O. The van der Waals surface area contributed by atoms with Crippen molar-refractivity contribution in [1.82, 2.24) is 25.1 Å². The van der Waals surface area contributed by atoms with Gasteiger partial charge in [-0.15, -0.1) is 10.2 Å². The molecular weight excluding hydrogens is 484 g/mol. The van der Waals surface area contributed by atoms with Gasteiger partial charge >= 0.3 is 0 Å². The van der Waals surface area contributed by atoms with E-state index in [0.717, 1.165) is 53.4 Å². The minimum Gasteiger partial charge on any atom is -0.320 e. The Hall–Kier alpha value is -2.77. The number of benzene rings is 1. The maximum absolute atomic E-state index is 13.7. The zero-order valence-corrected chi connectivity index (χ0v) is 22.6. The van der Waals surface area contributed by atoms with Crippen LogP contribution in [0.1, 0.15) is 103 Å². The van der Waals surface area contributed by atoms with Gasteiger partial charge in [0.2, 0.25) is 0 Å². The van der Waals surface area contributed by atoms with E-state index in [1.165, 1.54) is 19.3 Å². The topological polar surface area (TPSA) is 75.9 Å². The summed E-state index contributed by atoms with van der Waals surface area (Å²) in [4.78, 5) is 20.5. The SMILES string of the molecule is CCC(c1cc(C2CC2)nc(N2Cc3c(Cl)cc(CN[C@@H](C)C4CCC4)cc3C2=O)c1)c1nncn1C. The second kappa shape index (κ2) is 9.84. The highest BCUT2D eigenvalue weighted by molar-refractivity contribution is 6.32. The third kappa shape index (κ3) is 4.68. The summed E-state index contributed by atoms with van der Waals surface area (Å²) in [7, 11) is 1.98. The number of fused-ring (bicyclic) bond motifs is 1. The summed E-state index contributed by atoms with van der Waals surface area (Å²) in [5.41, 5.74) is 4.84. The van der Waals surface area contributed by atoms with Gasteiger partial charge in [0.15, 0.2) is 0 Å². The highest BCUT2D eigenvalue weighted by Gasteiger charge is 2.34. The van der Waals surface area contributed by atoms with Crippen molar-refractivity contribution in [2.75, 3.05) is 4.90 Å². The van der Waals surface area contributed by atoms with Gasteiger partial charge in [0.25, 0.3) is 5.91 Å². The molecule has 8 heteroatoms. The van der Waals surface area contributed by atoms with Crippen molar-refractivity contribution in [3.05, 3.63) is 69.4 Å². The predicted octanol–water partition coefficient (Wildman–Crippen LogP) is 5.72. The van der Waals surface area contributed by atoms with Gasteiger partial charge in [-0.1, -0.05) is 24.9 Å². The predicted molar refractivity (Wildman–Crippen MR) is 145 cm³/mol. The van der Waals surface area contributed by atoms with Crippen LogP contribution >= 0.6 is 11.6 Å². The van der Waals surface area contributed by atoms with Crippen molar-refractivity contribution in [2.45, 2.75) is 83.3 Å². The maximum atomic E-state index is 13.7. The third-order valence-corrected chi connectivity index (χ3v) is 8.86. The number of pyridine rings is 1. The van der Waals surface area contributed by atoms with Gasteiger partial charge < -0.3 is 9.88 Å². The second-order valence-corrected chi connectivity index (χ2v) is 11.5. The number of nitrogens with one attached hydrogen (secondary N) is 1. The maximum Gasteiger partial charge on any atom is 0.260 e. The molecule has 0 bridgehead atoms. The first-order valence-corrected chi connectivity index (χ1v) is 14.0. The van der Waals surface area contributed by atoms with Crippen LogP contribution in [0.25, 0.3) is 0 Å². The normalized spacial score (nSPS) is 19.1. The first-order chi connectivity index (χ1) is 17.9. The summed E-state index contributed by atoms with van der Waals surface area (Å²) in [6.45, 7) is 5.58. The lowest BCUT2D eigenvalue weighted by atomic mass is 9.80. The van der Waals surface area contributed by atoms with E-state index in [2.05, 4.69) is 41.5 Å². The van der Waals surface area contributed by atoms with Crippen molar-refractivity contribution in [1.29, 1.82) is 0 Å². The van der Waals surface area contributed by atoms with Crippen LogP contribution in [0.3, 0.4) is 0 Å². The van der Waals surface area contributed by atoms with E-state index in [4.69, 9.17) is 16.6 Å². The Balaban J connectivity index is 1.29. The summed E-state index contributed by atoms with van der Waals surface area (Å²) in [6.07, 6.45) is 8.85. The summed E-state index contributed by atoms with van der Waals surface area (Å²) >= 11 is 6.75. The number of hydrogen-bond acceptors (Lipinski definition) is 5. The van der Waals surface area contributed by atoms with Crippen molar-refractivity contribution in [2.24, 2.45) is 13.0 Å². The van der Waals surface area contributed by atoms with Crippen LogP contribution in [-0.4, -0.2) is 31.7 Å². The molecule has 3 aromatic rings. The van der Waals surface area contributed by atoms with Gasteiger partial charge in [-0.25, -0.2) is 4.98 Å². The number of anilines is 1. The van der Waals surface area contributed by atoms with Crippen molar-refractivity contribution in [3.63, 3.8) is 0 Å². The molecule has 3 aliphatic rings. The Kier molecular flexibility index (Phi) is 6.53. The van der Waals surface area contributed by atoms with Crippen molar-refractivity contribution < 1.29 is 4.79 Å². The Bertz CT molecular complexity index is 1330. The lowest BCUT2D eigenvalue weighted by molar-refractivity contribution is 0.0995. The fraction of sp³-hybridized carbons (Fsp3) is 0.517. The number of carbonyl (C=O) groups excluding carboxylic acids is 1. The van der Waals surface area contributed by atoms with Crippen LogP contribution in [0.5, 0.6) is 0 Å². The minimum atomic E-state index is -0.0242. The fourth-order valence-electron chi connectivity index (χ4n) is 5.75. The molecule has 0 spiro atoms. The molecule has 0 radical (unpaired) electrons. The highest BCUT2D eigenvalue weighted by atomic mass is 35.5. The lowest BCUT2D eigenvalue weighted by Gasteiger charge is -2.32. The molecule has 1 N–H and O–H groups in total. The molecule has 0 saturated heterocycles. The Labute approximate surface area is 223 Å². The molecule has 1 unspecified atom stereocenters. The zero-order chi connectivity index (χ0) is 25.7. The van der Waals surface area contributed by atoms with Crippen LogP contribution in [0.2, 0.25) is 5.02 Å². The van der Waals surface area contributed by atoms with Crippen LogP contribution < -0.4 is 10.2 Å². The molecule has 3 heterocycles. The molecule has 2 fully saturated rings. The second-order valence-electron chi connectivity index (χ2n) is 11.1. The Morgan fingerprint density at radius 2 is 1.97 bits per heavy atom. The number of carbonyl (C=O) groups is 1. The van der Waals surface area contributed by atoms with E-state index in [1.807, 2.05) is 23.7 Å². The van der Waals surface area contributed by atoms with Gasteiger partial charge in [-0.05, 0) is 80.3 Å². The van der Waals surface area contributed by atoms with Gasteiger partial charge in [0.1, 0.15) is 18.0 Å². The van der Waals surface area contributed by atoms with E-state index >= 15 is 0 Å². The number of hydrogen-bond donors (Lipinski definition) is 1. The molecule has 1 aromatic carbocycles. The zero-order valence-electron chi connectivity index (χ0n) is 21.9. The third-order valence-electron chi connectivity index (χ3n) is 8.53.